The third kappa shape index (κ3) is 3.45. The summed E-state index contributed by atoms with van der Waals surface area (Å²) in [4.78, 5) is 13.7. The number of carbonyl (C=O) groups excluding carboxylic acids is 1. The number of hydrogen-bond donors (Lipinski definition) is 1. The number of benzene rings is 2. The zero-order valence-electron chi connectivity index (χ0n) is 11.8. The first-order chi connectivity index (χ1) is 9.58. The zero-order valence-corrected chi connectivity index (χ0v) is 11.8. The normalized spacial score (nSPS) is 11.9. The van der Waals surface area contributed by atoms with Gasteiger partial charge in [-0.3, -0.25) is 4.79 Å². The van der Waals surface area contributed by atoms with Crippen LogP contribution in [0.15, 0.2) is 54.6 Å². The topological polar surface area (TPSA) is 40.5 Å². The van der Waals surface area contributed by atoms with Gasteiger partial charge < -0.3 is 10.0 Å². The second kappa shape index (κ2) is 6.35. The third-order valence-corrected chi connectivity index (χ3v) is 3.27. The highest BCUT2D eigenvalue weighted by Gasteiger charge is 2.20. The van der Waals surface area contributed by atoms with E-state index in [-0.39, 0.29) is 5.91 Å². The van der Waals surface area contributed by atoms with Crippen LogP contribution < -0.4 is 0 Å². The Balaban J connectivity index is 2.03. The lowest BCUT2D eigenvalue weighted by Gasteiger charge is -2.21. The van der Waals surface area contributed by atoms with Gasteiger partial charge in [-0.2, -0.15) is 0 Å². The fourth-order valence-corrected chi connectivity index (χ4v) is 2.03. The van der Waals surface area contributed by atoms with Crippen molar-refractivity contribution >= 4 is 5.91 Å². The first kappa shape index (κ1) is 14.3. The number of rotatable bonds is 4. The second-order valence-electron chi connectivity index (χ2n) is 4.99. The molecule has 3 nitrogen and oxygen atoms in total. The van der Waals surface area contributed by atoms with Crippen molar-refractivity contribution in [3.05, 3.63) is 71.3 Å². The summed E-state index contributed by atoms with van der Waals surface area (Å²) in [7, 11) is 1.70. The molecule has 3 heteroatoms. The van der Waals surface area contributed by atoms with Crippen LogP contribution in [0.1, 0.15) is 22.8 Å². The smallest absolute Gasteiger partial charge is 0.256 e. The van der Waals surface area contributed by atoms with Crippen molar-refractivity contribution in [2.45, 2.75) is 19.6 Å². The Hall–Kier alpha value is -2.13. The summed E-state index contributed by atoms with van der Waals surface area (Å²) >= 11 is 0. The van der Waals surface area contributed by atoms with Gasteiger partial charge in [0, 0.05) is 13.6 Å². The molecule has 0 saturated heterocycles. The fourth-order valence-electron chi connectivity index (χ4n) is 2.03. The summed E-state index contributed by atoms with van der Waals surface area (Å²) in [6.45, 7) is 2.51. The molecule has 20 heavy (non-hydrogen) atoms. The van der Waals surface area contributed by atoms with E-state index in [1.807, 2.05) is 49.4 Å². The fraction of sp³-hybridized carbons (Fsp3) is 0.235. The molecule has 1 N–H and O–H groups in total. The van der Waals surface area contributed by atoms with Crippen LogP contribution in [0.5, 0.6) is 0 Å². The quantitative estimate of drug-likeness (QED) is 0.927. The molecule has 2 rings (SSSR count). The minimum absolute atomic E-state index is 0.295. The van der Waals surface area contributed by atoms with Crippen LogP contribution >= 0.6 is 0 Å². The van der Waals surface area contributed by atoms with E-state index in [2.05, 4.69) is 0 Å². The minimum Gasteiger partial charge on any atom is -0.378 e. The molecule has 0 radical (unpaired) electrons. The van der Waals surface area contributed by atoms with E-state index in [0.717, 1.165) is 5.56 Å². The van der Waals surface area contributed by atoms with Gasteiger partial charge >= 0.3 is 0 Å². The van der Waals surface area contributed by atoms with Gasteiger partial charge in [-0.15, -0.1) is 0 Å². The number of carbonyl (C=O) groups is 1. The molecule has 2 aromatic rings. The number of nitrogens with zero attached hydrogens (tertiary/aromatic N) is 1. The lowest BCUT2D eigenvalue weighted by molar-refractivity contribution is -0.139. The maximum atomic E-state index is 12.2. The standard InChI is InChI=1S/C17H19NO2/c1-13-8-10-14(11-9-13)12-18(2)17(20)16(19)15-6-4-3-5-7-15/h3-11,16,19H,12H2,1-2H3. The molecule has 1 atom stereocenters. The summed E-state index contributed by atoms with van der Waals surface area (Å²) in [5, 5.41) is 10.1. The lowest BCUT2D eigenvalue weighted by atomic mass is 10.1. The van der Waals surface area contributed by atoms with Crippen molar-refractivity contribution in [2.24, 2.45) is 0 Å². The van der Waals surface area contributed by atoms with Crippen molar-refractivity contribution in [1.29, 1.82) is 0 Å². The molecule has 104 valence electrons. The van der Waals surface area contributed by atoms with Gasteiger partial charge in [-0.1, -0.05) is 60.2 Å². The number of amides is 1. The molecule has 1 amide bonds. The summed E-state index contributed by atoms with van der Waals surface area (Å²) < 4.78 is 0. The van der Waals surface area contributed by atoms with Gasteiger partial charge in [-0.05, 0) is 18.1 Å². The third-order valence-electron chi connectivity index (χ3n) is 3.27. The van der Waals surface area contributed by atoms with Gasteiger partial charge in [0.15, 0.2) is 6.10 Å². The number of likely N-dealkylation sites (N-methyl/N-ethyl adjacent to an activating group) is 1. The molecule has 2 aromatic carbocycles. The Morgan fingerprint density at radius 3 is 2.30 bits per heavy atom. The number of aryl methyl sites for hydroxylation is 1. The highest BCUT2D eigenvalue weighted by Crippen LogP contribution is 2.16. The highest BCUT2D eigenvalue weighted by atomic mass is 16.3. The van der Waals surface area contributed by atoms with E-state index >= 15 is 0 Å². The maximum Gasteiger partial charge on any atom is 0.256 e. The van der Waals surface area contributed by atoms with Gasteiger partial charge in [0.2, 0.25) is 0 Å². The molecule has 0 saturated carbocycles. The van der Waals surface area contributed by atoms with Crippen LogP contribution in [0, 0.1) is 6.92 Å². The molecule has 0 aromatic heterocycles. The van der Waals surface area contributed by atoms with Crippen molar-refractivity contribution in [3.8, 4) is 0 Å². The Labute approximate surface area is 119 Å². The van der Waals surface area contributed by atoms with Gasteiger partial charge in [0.1, 0.15) is 0 Å². The van der Waals surface area contributed by atoms with Crippen LogP contribution in [0.3, 0.4) is 0 Å². The highest BCUT2D eigenvalue weighted by molar-refractivity contribution is 5.81. The largest absolute Gasteiger partial charge is 0.378 e. The predicted octanol–water partition coefficient (Wildman–Crippen LogP) is 2.69. The van der Waals surface area contributed by atoms with Crippen LogP contribution in [0.25, 0.3) is 0 Å². The van der Waals surface area contributed by atoms with Crippen molar-refractivity contribution in [2.75, 3.05) is 7.05 Å². The van der Waals surface area contributed by atoms with Crippen LogP contribution in [-0.4, -0.2) is 23.0 Å². The molecule has 0 aliphatic rings. The Morgan fingerprint density at radius 2 is 1.70 bits per heavy atom. The number of aliphatic hydroxyl groups excluding tert-OH is 1. The van der Waals surface area contributed by atoms with Crippen LogP contribution in [0.2, 0.25) is 0 Å². The maximum absolute atomic E-state index is 12.2. The van der Waals surface area contributed by atoms with Gasteiger partial charge in [0.25, 0.3) is 5.91 Å². The number of hydrogen-bond acceptors (Lipinski definition) is 2. The van der Waals surface area contributed by atoms with Crippen molar-refractivity contribution < 1.29 is 9.90 Å². The van der Waals surface area contributed by atoms with Crippen LogP contribution in [-0.2, 0) is 11.3 Å². The van der Waals surface area contributed by atoms with E-state index in [9.17, 15) is 9.90 Å². The van der Waals surface area contributed by atoms with E-state index in [4.69, 9.17) is 0 Å². The summed E-state index contributed by atoms with van der Waals surface area (Å²) in [5.41, 5.74) is 2.85. The summed E-state index contributed by atoms with van der Waals surface area (Å²) in [6, 6.07) is 17.0. The Morgan fingerprint density at radius 1 is 1.10 bits per heavy atom. The van der Waals surface area contributed by atoms with Crippen LogP contribution in [0.4, 0.5) is 0 Å². The molecule has 1 unspecified atom stereocenters. The predicted molar refractivity (Wildman–Crippen MR) is 79.1 cm³/mol. The van der Waals surface area contributed by atoms with E-state index < -0.39 is 6.10 Å². The molecule has 0 aliphatic carbocycles. The van der Waals surface area contributed by atoms with E-state index in [1.54, 1.807) is 24.1 Å². The van der Waals surface area contributed by atoms with Crippen molar-refractivity contribution in [1.82, 2.24) is 4.90 Å². The summed E-state index contributed by atoms with van der Waals surface area (Å²) in [6.07, 6.45) is -1.10. The number of aliphatic hydroxyl groups is 1. The lowest BCUT2D eigenvalue weighted by Crippen LogP contribution is -2.31. The molecule has 0 spiro atoms. The monoisotopic (exact) mass is 269 g/mol. The molecule has 0 bridgehead atoms. The first-order valence-corrected chi connectivity index (χ1v) is 6.61. The molecular formula is C17H19NO2. The summed E-state index contributed by atoms with van der Waals surface area (Å²) in [5.74, 6) is -0.295. The zero-order chi connectivity index (χ0) is 14.5. The van der Waals surface area contributed by atoms with Gasteiger partial charge in [-0.25, -0.2) is 0 Å². The molecule has 0 aliphatic heterocycles. The average molecular weight is 269 g/mol. The van der Waals surface area contributed by atoms with E-state index in [0.29, 0.717) is 12.1 Å². The molecule has 0 heterocycles. The molecular weight excluding hydrogens is 250 g/mol. The second-order valence-corrected chi connectivity index (χ2v) is 4.99. The molecule has 0 fully saturated rings. The van der Waals surface area contributed by atoms with Gasteiger partial charge in [0.05, 0.1) is 0 Å². The Kier molecular flexibility index (Phi) is 4.53. The van der Waals surface area contributed by atoms with E-state index in [1.165, 1.54) is 5.56 Å². The first-order valence-electron chi connectivity index (χ1n) is 6.61. The SMILES string of the molecule is Cc1ccc(CN(C)C(=O)C(O)c2ccccc2)cc1. The minimum atomic E-state index is -1.10. The Bertz CT molecular complexity index is 563. The van der Waals surface area contributed by atoms with Crippen molar-refractivity contribution in [3.63, 3.8) is 0 Å². The average Bonchev–Trinajstić information content (AvgIpc) is 2.49.